The van der Waals surface area contributed by atoms with Crippen LogP contribution in [0.25, 0.3) is 0 Å². The molecule has 2 unspecified atom stereocenters. The zero-order chi connectivity index (χ0) is 17.6. The Hall–Kier alpha value is -2.45. The molecule has 8 nitrogen and oxygen atoms in total. The molecule has 0 aromatic carbocycles. The van der Waals surface area contributed by atoms with E-state index >= 15 is 0 Å². The van der Waals surface area contributed by atoms with Crippen molar-refractivity contribution >= 4 is 0 Å². The summed E-state index contributed by atoms with van der Waals surface area (Å²) in [7, 11) is 0. The third-order valence-corrected chi connectivity index (χ3v) is 4.89. The van der Waals surface area contributed by atoms with Crippen molar-refractivity contribution in [1.29, 1.82) is 0 Å². The van der Waals surface area contributed by atoms with Crippen LogP contribution in [0.1, 0.15) is 19.3 Å². The minimum absolute atomic E-state index is 0.544. The van der Waals surface area contributed by atoms with Crippen LogP contribution in [0.5, 0.6) is 0 Å². The van der Waals surface area contributed by atoms with Gasteiger partial charge in [0.15, 0.2) is 0 Å². The average Bonchev–Trinajstić information content (AvgIpc) is 3.24. The third-order valence-electron chi connectivity index (χ3n) is 4.89. The van der Waals surface area contributed by atoms with Crippen LogP contribution < -0.4 is 0 Å². The summed E-state index contributed by atoms with van der Waals surface area (Å²) in [6.07, 6.45) is 21.2. The quantitative estimate of drug-likeness (QED) is 0.491. The summed E-state index contributed by atoms with van der Waals surface area (Å²) in [6, 6.07) is 0. The lowest BCUT2D eigenvalue weighted by atomic mass is 10.3. The zero-order valence-corrected chi connectivity index (χ0v) is 15.0. The second-order valence-corrected chi connectivity index (χ2v) is 6.70. The predicted molar refractivity (Wildman–Crippen MR) is 97.7 cm³/mol. The SMILES string of the molecule is c1cn(CCCN2C(CCn3ccnc3)N2CCCn2ccnc2)cn1. The Bertz CT molecular complexity index is 688. The molecule has 26 heavy (non-hydrogen) atoms. The Morgan fingerprint density at radius 1 is 0.577 bits per heavy atom. The van der Waals surface area contributed by atoms with Gasteiger partial charge in [-0.15, -0.1) is 0 Å². The fraction of sp³-hybridized carbons (Fsp3) is 0.500. The highest BCUT2D eigenvalue weighted by Gasteiger charge is 2.43. The van der Waals surface area contributed by atoms with Crippen LogP contribution in [0.15, 0.2) is 56.2 Å². The first-order chi connectivity index (χ1) is 12.9. The van der Waals surface area contributed by atoms with Crippen LogP contribution in [-0.2, 0) is 19.6 Å². The summed E-state index contributed by atoms with van der Waals surface area (Å²) in [6.45, 7) is 5.25. The van der Waals surface area contributed by atoms with Crippen molar-refractivity contribution in [2.24, 2.45) is 0 Å². The second-order valence-electron chi connectivity index (χ2n) is 6.70. The molecule has 1 fully saturated rings. The lowest BCUT2D eigenvalue weighted by Crippen LogP contribution is -2.13. The van der Waals surface area contributed by atoms with Gasteiger partial charge in [-0.2, -0.15) is 0 Å². The predicted octanol–water partition coefficient (Wildman–Crippen LogP) is 1.71. The first kappa shape index (κ1) is 17.0. The van der Waals surface area contributed by atoms with E-state index in [0.29, 0.717) is 6.17 Å². The van der Waals surface area contributed by atoms with Gasteiger partial charge in [0, 0.05) is 69.9 Å². The zero-order valence-electron chi connectivity index (χ0n) is 15.0. The van der Waals surface area contributed by atoms with Gasteiger partial charge in [-0.05, 0) is 19.3 Å². The van der Waals surface area contributed by atoms with Gasteiger partial charge in [0.25, 0.3) is 0 Å². The average molecular weight is 354 g/mol. The molecule has 0 radical (unpaired) electrons. The molecule has 3 aromatic rings. The molecule has 0 amide bonds. The lowest BCUT2D eigenvalue weighted by molar-refractivity contribution is 0.290. The highest BCUT2D eigenvalue weighted by molar-refractivity contribution is 4.86. The number of imidazole rings is 3. The first-order valence-corrected chi connectivity index (χ1v) is 9.30. The highest BCUT2D eigenvalue weighted by Crippen LogP contribution is 2.30. The summed E-state index contributed by atoms with van der Waals surface area (Å²) in [5.74, 6) is 0. The van der Waals surface area contributed by atoms with Gasteiger partial charge in [-0.3, -0.25) is 0 Å². The molecule has 0 saturated carbocycles. The molecule has 0 spiro atoms. The molecule has 0 aliphatic carbocycles. The maximum atomic E-state index is 4.13. The van der Waals surface area contributed by atoms with Crippen LogP contribution in [0.4, 0.5) is 0 Å². The van der Waals surface area contributed by atoms with Gasteiger partial charge in [-0.1, -0.05) is 0 Å². The van der Waals surface area contributed by atoms with E-state index in [9.17, 15) is 0 Å². The maximum Gasteiger partial charge on any atom is 0.0945 e. The van der Waals surface area contributed by atoms with E-state index in [1.807, 2.05) is 56.2 Å². The van der Waals surface area contributed by atoms with Gasteiger partial charge in [0.1, 0.15) is 0 Å². The Labute approximate surface area is 153 Å². The molecule has 138 valence electrons. The van der Waals surface area contributed by atoms with Gasteiger partial charge in [0.05, 0.1) is 25.1 Å². The smallest absolute Gasteiger partial charge is 0.0945 e. The van der Waals surface area contributed by atoms with E-state index in [4.69, 9.17) is 0 Å². The Morgan fingerprint density at radius 3 is 1.46 bits per heavy atom. The molecule has 4 rings (SSSR count). The van der Waals surface area contributed by atoms with Crippen LogP contribution in [0, 0.1) is 0 Å². The maximum absolute atomic E-state index is 4.13. The second kappa shape index (κ2) is 8.29. The summed E-state index contributed by atoms with van der Waals surface area (Å²) in [5, 5.41) is 5.03. The molecule has 1 saturated heterocycles. The molecule has 8 heteroatoms. The van der Waals surface area contributed by atoms with Crippen molar-refractivity contribution in [1.82, 2.24) is 38.7 Å². The third kappa shape index (κ3) is 4.39. The van der Waals surface area contributed by atoms with Crippen molar-refractivity contribution in [3.63, 3.8) is 0 Å². The first-order valence-electron chi connectivity index (χ1n) is 9.30. The van der Waals surface area contributed by atoms with Gasteiger partial charge in [0.2, 0.25) is 0 Å². The van der Waals surface area contributed by atoms with Crippen LogP contribution in [0.3, 0.4) is 0 Å². The molecule has 0 bridgehead atoms. The fourth-order valence-corrected chi connectivity index (χ4v) is 3.50. The van der Waals surface area contributed by atoms with E-state index in [2.05, 4.69) is 38.7 Å². The van der Waals surface area contributed by atoms with Gasteiger partial charge in [-0.25, -0.2) is 25.0 Å². The van der Waals surface area contributed by atoms with E-state index < -0.39 is 0 Å². The topological polar surface area (TPSA) is 59.5 Å². The monoisotopic (exact) mass is 354 g/mol. The summed E-state index contributed by atoms with van der Waals surface area (Å²) in [5.41, 5.74) is 0. The van der Waals surface area contributed by atoms with Crippen molar-refractivity contribution < 1.29 is 0 Å². The normalized spacial score (nSPS) is 21.9. The summed E-state index contributed by atoms with van der Waals surface area (Å²) >= 11 is 0. The summed E-state index contributed by atoms with van der Waals surface area (Å²) < 4.78 is 6.45. The molecule has 3 aromatic heterocycles. The summed E-state index contributed by atoms with van der Waals surface area (Å²) in [4.78, 5) is 12.4. The number of aromatic nitrogens is 6. The van der Waals surface area contributed by atoms with Crippen LogP contribution in [-0.4, -0.2) is 57.9 Å². The fourth-order valence-electron chi connectivity index (χ4n) is 3.50. The lowest BCUT2D eigenvalue weighted by Gasteiger charge is -2.06. The minimum atomic E-state index is 0.544. The number of hydrogen-bond donors (Lipinski definition) is 0. The van der Waals surface area contributed by atoms with Crippen molar-refractivity contribution in [3.05, 3.63) is 56.2 Å². The Balaban J connectivity index is 1.24. The number of hydrazine groups is 1. The van der Waals surface area contributed by atoms with Gasteiger partial charge >= 0.3 is 0 Å². The van der Waals surface area contributed by atoms with Gasteiger partial charge < -0.3 is 13.7 Å². The van der Waals surface area contributed by atoms with Crippen LogP contribution >= 0.6 is 0 Å². The molecular weight excluding hydrogens is 328 g/mol. The molecule has 1 aliphatic rings. The molecule has 1 aliphatic heterocycles. The molecule has 4 heterocycles. The Kier molecular flexibility index (Phi) is 5.41. The van der Waals surface area contributed by atoms with Crippen molar-refractivity contribution in [2.45, 2.75) is 45.1 Å². The number of hydrogen-bond acceptors (Lipinski definition) is 5. The van der Waals surface area contributed by atoms with E-state index in [1.165, 1.54) is 0 Å². The van der Waals surface area contributed by atoms with Crippen molar-refractivity contribution in [2.75, 3.05) is 13.1 Å². The molecule has 0 N–H and O–H groups in total. The number of nitrogens with zero attached hydrogens (tertiary/aromatic N) is 8. The number of rotatable bonds is 11. The Morgan fingerprint density at radius 2 is 1.04 bits per heavy atom. The van der Waals surface area contributed by atoms with E-state index in [0.717, 1.165) is 52.0 Å². The van der Waals surface area contributed by atoms with E-state index in [1.54, 1.807) is 0 Å². The number of aryl methyl sites for hydroxylation is 3. The minimum Gasteiger partial charge on any atom is -0.337 e. The molecular formula is C18H26N8. The standard InChI is InChI=1S/C18H26N8/c1(7-22-12-4-19-15-22)9-25-18(3-11-24-14-6-21-17-24)26(25)10-2-8-23-13-5-20-16-23/h4-6,12-18H,1-3,7-11H2. The highest BCUT2D eigenvalue weighted by atomic mass is 15.9. The largest absolute Gasteiger partial charge is 0.337 e. The van der Waals surface area contributed by atoms with E-state index in [-0.39, 0.29) is 0 Å². The molecule has 2 atom stereocenters. The van der Waals surface area contributed by atoms with Crippen molar-refractivity contribution in [3.8, 4) is 0 Å². The van der Waals surface area contributed by atoms with Crippen LogP contribution in [0.2, 0.25) is 0 Å².